The third-order valence-electron chi connectivity index (χ3n) is 6.91. The molecule has 1 aromatic carbocycles. The second-order valence-corrected chi connectivity index (χ2v) is 9.85. The molecule has 0 radical (unpaired) electrons. The van der Waals surface area contributed by atoms with Gasteiger partial charge in [0.05, 0.1) is 16.6 Å². The topological polar surface area (TPSA) is 62.3 Å². The lowest BCUT2D eigenvalue weighted by Crippen LogP contribution is -2.39. The first-order valence-corrected chi connectivity index (χ1v) is 12.2. The van der Waals surface area contributed by atoms with Crippen molar-refractivity contribution in [1.82, 2.24) is 15.2 Å². The Hall–Kier alpha value is -2.11. The van der Waals surface area contributed by atoms with Gasteiger partial charge in [0.15, 0.2) is 0 Å². The molecular formula is C25H29Cl2N3O2. The normalized spacial score (nSPS) is 23.2. The van der Waals surface area contributed by atoms with Gasteiger partial charge in [-0.05, 0) is 92.2 Å². The van der Waals surface area contributed by atoms with Gasteiger partial charge < -0.3 is 10.2 Å². The Balaban J connectivity index is 1.18. The standard InChI is InChI=1S/C25H29Cl2N3O2/c26-22-6-5-21(14-23(22)27)25(32)29-15-24(31)30-12-9-18(16-30)13-17-1-3-19(4-2-17)20-7-10-28-11-8-20/h5-8,10-11,14,17-19H,1-4,9,12-13,15-16H2,(H,29,32). The van der Waals surface area contributed by atoms with Crippen molar-refractivity contribution in [3.05, 3.63) is 63.9 Å². The summed E-state index contributed by atoms with van der Waals surface area (Å²) in [6.45, 7) is 1.58. The third kappa shape index (κ3) is 5.81. The fourth-order valence-electron chi connectivity index (χ4n) is 5.10. The molecule has 1 saturated heterocycles. The lowest BCUT2D eigenvalue weighted by Gasteiger charge is -2.30. The highest BCUT2D eigenvalue weighted by Gasteiger charge is 2.30. The van der Waals surface area contributed by atoms with Gasteiger partial charge >= 0.3 is 0 Å². The molecule has 2 amide bonds. The maximum Gasteiger partial charge on any atom is 0.251 e. The molecule has 1 N–H and O–H groups in total. The van der Waals surface area contributed by atoms with E-state index in [0.29, 0.717) is 27.4 Å². The number of aromatic nitrogens is 1. The largest absolute Gasteiger partial charge is 0.343 e. The number of rotatable bonds is 6. The van der Waals surface area contributed by atoms with E-state index in [0.717, 1.165) is 25.4 Å². The molecule has 1 aliphatic carbocycles. The molecule has 2 heterocycles. The van der Waals surface area contributed by atoms with Crippen LogP contribution in [0.5, 0.6) is 0 Å². The fourth-order valence-corrected chi connectivity index (χ4v) is 5.40. The smallest absolute Gasteiger partial charge is 0.251 e. The molecule has 5 nitrogen and oxygen atoms in total. The van der Waals surface area contributed by atoms with Crippen LogP contribution in [0, 0.1) is 11.8 Å². The van der Waals surface area contributed by atoms with Crippen LogP contribution >= 0.6 is 23.2 Å². The Labute approximate surface area is 199 Å². The number of hydrogen-bond donors (Lipinski definition) is 1. The van der Waals surface area contributed by atoms with Gasteiger partial charge in [-0.3, -0.25) is 14.6 Å². The molecule has 32 heavy (non-hydrogen) atoms. The van der Waals surface area contributed by atoms with E-state index >= 15 is 0 Å². The highest BCUT2D eigenvalue weighted by molar-refractivity contribution is 6.42. The van der Waals surface area contributed by atoms with Gasteiger partial charge in [0.2, 0.25) is 5.91 Å². The average molecular weight is 474 g/mol. The molecule has 2 aliphatic rings. The summed E-state index contributed by atoms with van der Waals surface area (Å²) in [5.74, 6) is 1.63. The summed E-state index contributed by atoms with van der Waals surface area (Å²) in [6.07, 6.45) is 11.0. The van der Waals surface area contributed by atoms with Crippen LogP contribution in [0.2, 0.25) is 10.0 Å². The summed E-state index contributed by atoms with van der Waals surface area (Å²) in [4.78, 5) is 30.9. The Morgan fingerprint density at radius 2 is 1.72 bits per heavy atom. The fraction of sp³-hybridized carbons (Fsp3) is 0.480. The van der Waals surface area contributed by atoms with E-state index in [1.807, 2.05) is 17.3 Å². The predicted octanol–water partition coefficient (Wildman–Crippen LogP) is 5.33. The number of likely N-dealkylation sites (tertiary alicyclic amines) is 1. The highest BCUT2D eigenvalue weighted by Crippen LogP contribution is 2.39. The van der Waals surface area contributed by atoms with E-state index in [4.69, 9.17) is 23.2 Å². The van der Waals surface area contributed by atoms with Crippen molar-refractivity contribution in [3.8, 4) is 0 Å². The minimum Gasteiger partial charge on any atom is -0.343 e. The Kier molecular flexibility index (Phi) is 7.69. The zero-order chi connectivity index (χ0) is 22.5. The van der Waals surface area contributed by atoms with Crippen LogP contribution in [0.1, 0.15) is 60.4 Å². The summed E-state index contributed by atoms with van der Waals surface area (Å²) in [7, 11) is 0. The van der Waals surface area contributed by atoms with Crippen molar-refractivity contribution in [2.24, 2.45) is 11.8 Å². The zero-order valence-corrected chi connectivity index (χ0v) is 19.6. The monoisotopic (exact) mass is 473 g/mol. The predicted molar refractivity (Wildman–Crippen MR) is 127 cm³/mol. The van der Waals surface area contributed by atoms with Gasteiger partial charge in [0.25, 0.3) is 5.91 Å². The van der Waals surface area contributed by atoms with Crippen LogP contribution in [-0.2, 0) is 4.79 Å². The molecular weight excluding hydrogens is 445 g/mol. The van der Waals surface area contributed by atoms with Crippen molar-refractivity contribution >= 4 is 35.0 Å². The molecule has 0 bridgehead atoms. The Bertz CT molecular complexity index is 945. The molecule has 1 aromatic heterocycles. The number of carbonyl (C=O) groups excluding carboxylic acids is 2. The van der Waals surface area contributed by atoms with Crippen molar-refractivity contribution in [2.75, 3.05) is 19.6 Å². The summed E-state index contributed by atoms with van der Waals surface area (Å²) >= 11 is 11.9. The van der Waals surface area contributed by atoms with E-state index < -0.39 is 0 Å². The van der Waals surface area contributed by atoms with Crippen molar-refractivity contribution in [3.63, 3.8) is 0 Å². The summed E-state index contributed by atoms with van der Waals surface area (Å²) < 4.78 is 0. The molecule has 1 saturated carbocycles. The number of benzene rings is 1. The summed E-state index contributed by atoms with van der Waals surface area (Å²) in [5, 5.41) is 3.42. The number of hydrogen-bond acceptors (Lipinski definition) is 3. The number of carbonyl (C=O) groups is 2. The SMILES string of the molecule is O=C(NCC(=O)N1CCC(CC2CCC(c3ccncc3)CC2)C1)c1ccc(Cl)c(Cl)c1. The van der Waals surface area contributed by atoms with Gasteiger partial charge in [-0.1, -0.05) is 23.2 Å². The third-order valence-corrected chi connectivity index (χ3v) is 7.65. The molecule has 2 fully saturated rings. The Morgan fingerprint density at radius 1 is 0.969 bits per heavy atom. The molecule has 1 aliphatic heterocycles. The maximum atomic E-state index is 12.6. The first kappa shape index (κ1) is 23.1. The first-order valence-electron chi connectivity index (χ1n) is 11.4. The Morgan fingerprint density at radius 3 is 2.44 bits per heavy atom. The lowest BCUT2D eigenvalue weighted by molar-refractivity contribution is -0.129. The molecule has 2 aromatic rings. The number of amides is 2. The molecule has 4 rings (SSSR count). The van der Waals surface area contributed by atoms with Crippen LogP contribution in [-0.4, -0.2) is 41.3 Å². The van der Waals surface area contributed by atoms with Crippen LogP contribution in [0.3, 0.4) is 0 Å². The molecule has 0 spiro atoms. The minimum absolute atomic E-state index is 0.00282. The average Bonchev–Trinajstić information content (AvgIpc) is 3.28. The minimum atomic E-state index is -0.321. The molecule has 170 valence electrons. The molecule has 1 atom stereocenters. The van der Waals surface area contributed by atoms with E-state index in [1.165, 1.54) is 43.7 Å². The summed E-state index contributed by atoms with van der Waals surface area (Å²) in [6, 6.07) is 8.98. The lowest BCUT2D eigenvalue weighted by atomic mass is 9.76. The van der Waals surface area contributed by atoms with Gasteiger partial charge in [-0.15, -0.1) is 0 Å². The molecule has 7 heteroatoms. The number of nitrogens with one attached hydrogen (secondary N) is 1. The van der Waals surface area contributed by atoms with Crippen molar-refractivity contribution in [2.45, 2.75) is 44.4 Å². The quantitative estimate of drug-likeness (QED) is 0.616. The van der Waals surface area contributed by atoms with E-state index in [9.17, 15) is 9.59 Å². The van der Waals surface area contributed by atoms with E-state index in [2.05, 4.69) is 22.4 Å². The van der Waals surface area contributed by atoms with Gasteiger partial charge in [0, 0.05) is 31.0 Å². The van der Waals surface area contributed by atoms with Gasteiger partial charge in [-0.2, -0.15) is 0 Å². The van der Waals surface area contributed by atoms with Crippen molar-refractivity contribution in [1.29, 1.82) is 0 Å². The number of pyridine rings is 1. The number of halogens is 2. The van der Waals surface area contributed by atoms with E-state index in [-0.39, 0.29) is 18.4 Å². The molecule has 1 unspecified atom stereocenters. The maximum absolute atomic E-state index is 12.6. The zero-order valence-electron chi connectivity index (χ0n) is 18.1. The van der Waals surface area contributed by atoms with Crippen LogP contribution in [0.25, 0.3) is 0 Å². The summed E-state index contributed by atoms with van der Waals surface area (Å²) in [5.41, 5.74) is 1.81. The van der Waals surface area contributed by atoms with Crippen LogP contribution in [0.15, 0.2) is 42.7 Å². The van der Waals surface area contributed by atoms with Gasteiger partial charge in [-0.25, -0.2) is 0 Å². The number of nitrogens with zero attached hydrogens (tertiary/aromatic N) is 2. The first-order chi connectivity index (χ1) is 15.5. The van der Waals surface area contributed by atoms with Crippen molar-refractivity contribution < 1.29 is 9.59 Å². The van der Waals surface area contributed by atoms with E-state index in [1.54, 1.807) is 12.1 Å². The second kappa shape index (κ2) is 10.7. The second-order valence-electron chi connectivity index (χ2n) is 9.04. The highest BCUT2D eigenvalue weighted by atomic mass is 35.5. The van der Waals surface area contributed by atoms with Crippen LogP contribution < -0.4 is 5.32 Å². The van der Waals surface area contributed by atoms with Crippen LogP contribution in [0.4, 0.5) is 0 Å². The van der Waals surface area contributed by atoms with Gasteiger partial charge in [0.1, 0.15) is 0 Å².